The summed E-state index contributed by atoms with van der Waals surface area (Å²) in [4.78, 5) is 15.3. The van der Waals surface area contributed by atoms with Crippen LogP contribution in [0.3, 0.4) is 0 Å². The fraction of sp³-hybridized carbons (Fsp3) is 0.500. The van der Waals surface area contributed by atoms with E-state index < -0.39 is 0 Å². The van der Waals surface area contributed by atoms with E-state index in [2.05, 4.69) is 15.0 Å². The molecule has 1 aromatic heterocycles. The summed E-state index contributed by atoms with van der Waals surface area (Å²) in [5, 5.41) is 3.18. The molecule has 0 fully saturated rings. The Morgan fingerprint density at radius 1 is 1.71 bits per heavy atom. The van der Waals surface area contributed by atoms with Gasteiger partial charge in [0.15, 0.2) is 5.69 Å². The molecule has 1 aromatic rings. The molecule has 0 amide bonds. The molecule has 0 spiro atoms. The highest BCUT2D eigenvalue weighted by molar-refractivity contribution is 8.93. The van der Waals surface area contributed by atoms with E-state index in [4.69, 9.17) is 0 Å². The van der Waals surface area contributed by atoms with Crippen LogP contribution in [0.5, 0.6) is 0 Å². The third-order valence-corrected chi connectivity index (χ3v) is 2.07. The molecule has 0 radical (unpaired) electrons. The van der Waals surface area contributed by atoms with E-state index in [0.29, 0.717) is 5.69 Å². The van der Waals surface area contributed by atoms with Gasteiger partial charge in [0.05, 0.1) is 13.7 Å². The summed E-state index contributed by atoms with van der Waals surface area (Å²) in [6.45, 7) is 2.50. The van der Waals surface area contributed by atoms with Crippen molar-refractivity contribution >= 4 is 23.0 Å². The SMILES string of the molecule is Br.COC(=O)c1cn2c(n1)CNCC2. The predicted molar refractivity (Wildman–Crippen MR) is 55.6 cm³/mol. The highest BCUT2D eigenvalue weighted by Gasteiger charge is 2.16. The van der Waals surface area contributed by atoms with Crippen molar-refractivity contribution in [2.45, 2.75) is 13.1 Å². The summed E-state index contributed by atoms with van der Waals surface area (Å²) in [5.74, 6) is 0.522. The van der Waals surface area contributed by atoms with Crippen LogP contribution in [-0.2, 0) is 17.8 Å². The van der Waals surface area contributed by atoms with E-state index in [0.717, 1.165) is 25.5 Å². The largest absolute Gasteiger partial charge is 0.464 e. The Morgan fingerprint density at radius 3 is 3.14 bits per heavy atom. The zero-order valence-electron chi connectivity index (χ0n) is 7.82. The summed E-state index contributed by atoms with van der Waals surface area (Å²) < 4.78 is 6.55. The number of methoxy groups -OCH3 is 1. The van der Waals surface area contributed by atoms with Crippen molar-refractivity contribution in [3.63, 3.8) is 0 Å². The number of nitrogens with zero attached hydrogens (tertiary/aromatic N) is 2. The summed E-state index contributed by atoms with van der Waals surface area (Å²) in [5.41, 5.74) is 0.390. The Balaban J connectivity index is 0.000000980. The molecule has 1 N–H and O–H groups in total. The number of hydrogen-bond acceptors (Lipinski definition) is 4. The van der Waals surface area contributed by atoms with Crippen LogP contribution in [0.1, 0.15) is 16.3 Å². The minimum absolute atomic E-state index is 0. The first kappa shape index (κ1) is 11.2. The van der Waals surface area contributed by atoms with Crippen LogP contribution >= 0.6 is 17.0 Å². The molecule has 0 aliphatic carbocycles. The molecule has 0 saturated heterocycles. The number of hydrogen-bond donors (Lipinski definition) is 1. The van der Waals surface area contributed by atoms with Crippen LogP contribution in [-0.4, -0.2) is 29.2 Å². The number of carbonyl (C=O) groups excluding carboxylic acids is 1. The van der Waals surface area contributed by atoms with Crippen LogP contribution in [0.15, 0.2) is 6.20 Å². The van der Waals surface area contributed by atoms with Gasteiger partial charge in [0.25, 0.3) is 0 Å². The van der Waals surface area contributed by atoms with Gasteiger partial charge < -0.3 is 14.6 Å². The first-order valence-electron chi connectivity index (χ1n) is 4.16. The second-order valence-electron chi connectivity index (χ2n) is 2.90. The number of fused-ring (bicyclic) bond motifs is 1. The van der Waals surface area contributed by atoms with E-state index in [-0.39, 0.29) is 23.0 Å². The molecule has 0 bridgehead atoms. The lowest BCUT2D eigenvalue weighted by Crippen LogP contribution is -2.27. The molecule has 0 saturated carbocycles. The van der Waals surface area contributed by atoms with Gasteiger partial charge in [-0.3, -0.25) is 0 Å². The molecule has 2 rings (SSSR count). The summed E-state index contributed by atoms with van der Waals surface area (Å²) in [7, 11) is 1.36. The first-order chi connectivity index (χ1) is 6.31. The molecule has 6 heteroatoms. The maximum Gasteiger partial charge on any atom is 0.358 e. The van der Waals surface area contributed by atoms with E-state index in [1.807, 2.05) is 4.57 Å². The topological polar surface area (TPSA) is 56.2 Å². The van der Waals surface area contributed by atoms with Crippen molar-refractivity contribution in [1.82, 2.24) is 14.9 Å². The molecule has 0 unspecified atom stereocenters. The molecule has 0 atom stereocenters. The molecule has 78 valence electrons. The highest BCUT2D eigenvalue weighted by atomic mass is 79.9. The van der Waals surface area contributed by atoms with Crippen LogP contribution < -0.4 is 5.32 Å². The van der Waals surface area contributed by atoms with Crippen molar-refractivity contribution in [3.8, 4) is 0 Å². The molecule has 1 aliphatic heterocycles. The van der Waals surface area contributed by atoms with E-state index in [1.165, 1.54) is 7.11 Å². The maximum absolute atomic E-state index is 11.1. The molecule has 0 aromatic carbocycles. The zero-order valence-corrected chi connectivity index (χ0v) is 9.53. The van der Waals surface area contributed by atoms with Gasteiger partial charge in [-0.2, -0.15) is 0 Å². The Bertz CT molecular complexity index is 314. The Labute approximate surface area is 92.2 Å². The number of imidazole rings is 1. The Hall–Kier alpha value is -0.880. The average molecular weight is 262 g/mol. The predicted octanol–water partition coefficient (Wildman–Crippen LogP) is 0.351. The fourth-order valence-electron chi connectivity index (χ4n) is 1.39. The minimum atomic E-state index is -0.373. The Morgan fingerprint density at radius 2 is 2.50 bits per heavy atom. The molecule has 5 nitrogen and oxygen atoms in total. The molecular formula is C8H12BrN3O2. The van der Waals surface area contributed by atoms with E-state index in [1.54, 1.807) is 6.20 Å². The normalized spacial score (nSPS) is 14.1. The number of carbonyl (C=O) groups is 1. The van der Waals surface area contributed by atoms with Crippen LogP contribution in [0.2, 0.25) is 0 Å². The van der Waals surface area contributed by atoms with Gasteiger partial charge in [-0.1, -0.05) is 0 Å². The lowest BCUT2D eigenvalue weighted by Gasteiger charge is -2.13. The van der Waals surface area contributed by atoms with Gasteiger partial charge in [-0.25, -0.2) is 9.78 Å². The highest BCUT2D eigenvalue weighted by Crippen LogP contribution is 2.07. The second kappa shape index (κ2) is 4.56. The maximum atomic E-state index is 11.1. The lowest BCUT2D eigenvalue weighted by molar-refractivity contribution is 0.0594. The number of ether oxygens (including phenoxy) is 1. The fourth-order valence-corrected chi connectivity index (χ4v) is 1.39. The number of rotatable bonds is 1. The third-order valence-electron chi connectivity index (χ3n) is 2.07. The standard InChI is InChI=1S/C8H11N3O2.BrH/c1-13-8(12)6-5-11-3-2-9-4-7(11)10-6;/h5,9H,2-4H2,1H3;1H. The molecule has 1 aliphatic rings. The first-order valence-corrected chi connectivity index (χ1v) is 4.16. The number of halogens is 1. The zero-order chi connectivity index (χ0) is 9.26. The van der Waals surface area contributed by atoms with E-state index in [9.17, 15) is 4.79 Å². The number of esters is 1. The van der Waals surface area contributed by atoms with E-state index >= 15 is 0 Å². The second-order valence-corrected chi connectivity index (χ2v) is 2.90. The number of aromatic nitrogens is 2. The van der Waals surface area contributed by atoms with Crippen molar-refractivity contribution in [2.75, 3.05) is 13.7 Å². The van der Waals surface area contributed by atoms with Gasteiger partial charge >= 0.3 is 5.97 Å². The molecule has 2 heterocycles. The molecular weight excluding hydrogens is 250 g/mol. The van der Waals surface area contributed by atoms with Crippen LogP contribution in [0.25, 0.3) is 0 Å². The van der Waals surface area contributed by atoms with Crippen molar-refractivity contribution in [3.05, 3.63) is 17.7 Å². The van der Waals surface area contributed by atoms with Gasteiger partial charge in [0.1, 0.15) is 5.82 Å². The average Bonchev–Trinajstić information content (AvgIpc) is 2.59. The minimum Gasteiger partial charge on any atom is -0.464 e. The van der Waals surface area contributed by atoms with Gasteiger partial charge in [0.2, 0.25) is 0 Å². The molecule has 14 heavy (non-hydrogen) atoms. The van der Waals surface area contributed by atoms with Gasteiger partial charge in [0, 0.05) is 19.3 Å². The third kappa shape index (κ3) is 1.96. The smallest absolute Gasteiger partial charge is 0.358 e. The van der Waals surface area contributed by atoms with Crippen LogP contribution in [0, 0.1) is 0 Å². The summed E-state index contributed by atoms with van der Waals surface area (Å²) in [6, 6.07) is 0. The van der Waals surface area contributed by atoms with Crippen LogP contribution in [0.4, 0.5) is 0 Å². The Kier molecular flexibility index (Phi) is 3.65. The van der Waals surface area contributed by atoms with Gasteiger partial charge in [-0.05, 0) is 0 Å². The quantitative estimate of drug-likeness (QED) is 0.742. The van der Waals surface area contributed by atoms with Crippen molar-refractivity contribution < 1.29 is 9.53 Å². The monoisotopic (exact) mass is 261 g/mol. The summed E-state index contributed by atoms with van der Waals surface area (Å²) >= 11 is 0. The summed E-state index contributed by atoms with van der Waals surface area (Å²) in [6.07, 6.45) is 1.74. The lowest BCUT2D eigenvalue weighted by atomic mass is 10.4. The van der Waals surface area contributed by atoms with Crippen molar-refractivity contribution in [2.24, 2.45) is 0 Å². The number of nitrogens with one attached hydrogen (secondary N) is 1. The van der Waals surface area contributed by atoms with Crippen molar-refractivity contribution in [1.29, 1.82) is 0 Å². The van der Waals surface area contributed by atoms with Gasteiger partial charge in [-0.15, -0.1) is 17.0 Å².